The third-order valence-electron chi connectivity index (χ3n) is 11.7. The number of benzene rings is 4. The van der Waals surface area contributed by atoms with Gasteiger partial charge >= 0.3 is 0 Å². The van der Waals surface area contributed by atoms with Crippen LogP contribution in [-0.2, 0) is 25.9 Å². The van der Waals surface area contributed by atoms with E-state index in [-0.39, 0.29) is 29.2 Å². The molecule has 0 saturated heterocycles. The van der Waals surface area contributed by atoms with Crippen molar-refractivity contribution in [1.82, 2.24) is 24.4 Å². The van der Waals surface area contributed by atoms with Gasteiger partial charge < -0.3 is 29.4 Å². The van der Waals surface area contributed by atoms with Crippen LogP contribution in [0.4, 0.5) is 0 Å². The second-order valence-electron chi connectivity index (χ2n) is 15.1. The van der Waals surface area contributed by atoms with Gasteiger partial charge in [-0.1, -0.05) is 30.3 Å². The largest absolute Gasteiger partial charge is 0.489 e. The number of hydrogen-bond donors (Lipinski definition) is 2. The van der Waals surface area contributed by atoms with Crippen molar-refractivity contribution in [3.63, 3.8) is 0 Å². The summed E-state index contributed by atoms with van der Waals surface area (Å²) in [5.74, 6) is 1.47. The van der Waals surface area contributed by atoms with Crippen molar-refractivity contribution >= 4 is 44.0 Å². The molecule has 1 unspecified atom stereocenters. The molecule has 3 aliphatic heterocycles. The Morgan fingerprint density at radius 1 is 0.655 bits per heavy atom. The predicted octanol–water partition coefficient (Wildman–Crippen LogP) is 6.56. The minimum absolute atomic E-state index is 0.0620. The van der Waals surface area contributed by atoms with Crippen LogP contribution in [0, 0.1) is 0 Å². The zero-order chi connectivity index (χ0) is 37.1. The van der Waals surface area contributed by atoms with Gasteiger partial charge in [0.05, 0.1) is 23.1 Å². The van der Waals surface area contributed by atoms with Gasteiger partial charge in [-0.25, -0.2) is 9.97 Å². The van der Waals surface area contributed by atoms with Crippen LogP contribution < -0.4 is 31.6 Å². The highest BCUT2D eigenvalue weighted by atomic mass is 16.5. The van der Waals surface area contributed by atoms with E-state index < -0.39 is 0 Å². The molecule has 274 valence electrons. The van der Waals surface area contributed by atoms with Gasteiger partial charge in [-0.2, -0.15) is 0 Å². The van der Waals surface area contributed by atoms with Gasteiger partial charge in [-0.05, 0) is 90.4 Å². The Morgan fingerprint density at radius 3 is 1.75 bits per heavy atom. The van der Waals surface area contributed by atoms with Crippen molar-refractivity contribution in [3.8, 4) is 33.8 Å². The number of hydrogen-bond acceptors (Lipinski definition) is 10. The molecule has 4 aromatic heterocycles. The van der Waals surface area contributed by atoms with E-state index in [1.165, 1.54) is 35.0 Å². The number of ether oxygens (including phenoxy) is 2. The number of oxazole rings is 2. The van der Waals surface area contributed by atoms with Gasteiger partial charge in [0.15, 0.2) is 46.5 Å². The number of nitrogens with zero attached hydrogens (tertiary/aromatic N) is 4. The van der Waals surface area contributed by atoms with E-state index in [2.05, 4.69) is 57.7 Å². The fourth-order valence-corrected chi connectivity index (χ4v) is 9.02. The average molecular weight is 733 g/mol. The summed E-state index contributed by atoms with van der Waals surface area (Å²) in [6, 6.07) is 21.1. The number of fused-ring (bicyclic) bond motifs is 6. The van der Waals surface area contributed by atoms with Crippen molar-refractivity contribution in [3.05, 3.63) is 116 Å². The standard InChI is InChI=1S/C22H19N3O3.C21H17N3O3/c1-11-9-27-21-16(13-3-2-12-7-15(23)8-14(12)6-13)4-5-17-19(21)25(11)22(26)18-20(17)28-10-24-18;1-11-9-26-20-15(12-2-3-13-7-22-8-14(13)6-12)4-5-16-18(20)24(11)21(25)17-19(16)27-10-23-17/h2-6,10-11,15H,7-9,23H2,1H3;2-6,10-11,22H,7-9H2,1H3/t11-,15?;11-/m00/s1. The Hall–Kier alpha value is -6.24. The summed E-state index contributed by atoms with van der Waals surface area (Å²) in [6.45, 7) is 6.67. The van der Waals surface area contributed by atoms with Gasteiger partial charge in [0, 0.05) is 41.0 Å². The van der Waals surface area contributed by atoms with Gasteiger partial charge in [0.25, 0.3) is 11.1 Å². The first-order valence-electron chi connectivity index (χ1n) is 18.7. The summed E-state index contributed by atoms with van der Waals surface area (Å²) in [5, 5.41) is 5.08. The van der Waals surface area contributed by atoms with Crippen LogP contribution in [0.25, 0.3) is 66.3 Å². The number of aromatic nitrogens is 4. The summed E-state index contributed by atoms with van der Waals surface area (Å²) < 4.78 is 27.0. The molecule has 1 aliphatic carbocycles. The second-order valence-corrected chi connectivity index (χ2v) is 15.1. The van der Waals surface area contributed by atoms with Crippen LogP contribution in [0.15, 0.2) is 91.9 Å². The third-order valence-corrected chi connectivity index (χ3v) is 11.7. The van der Waals surface area contributed by atoms with Crippen LogP contribution in [0.3, 0.4) is 0 Å². The highest BCUT2D eigenvalue weighted by Crippen LogP contribution is 2.44. The van der Waals surface area contributed by atoms with Crippen LogP contribution in [0.1, 0.15) is 48.2 Å². The maximum absolute atomic E-state index is 13.0. The zero-order valence-corrected chi connectivity index (χ0v) is 30.2. The van der Waals surface area contributed by atoms with Crippen LogP contribution >= 0.6 is 0 Å². The van der Waals surface area contributed by atoms with Gasteiger partial charge in [-0.3, -0.25) is 18.7 Å². The summed E-state index contributed by atoms with van der Waals surface area (Å²) in [4.78, 5) is 34.3. The molecule has 7 heterocycles. The molecule has 4 aliphatic rings. The molecule has 12 rings (SSSR count). The minimum Gasteiger partial charge on any atom is -0.489 e. The van der Waals surface area contributed by atoms with E-state index in [1.807, 2.05) is 32.0 Å². The fourth-order valence-electron chi connectivity index (χ4n) is 9.02. The van der Waals surface area contributed by atoms with Gasteiger partial charge in [0.2, 0.25) is 0 Å². The highest BCUT2D eigenvalue weighted by Gasteiger charge is 2.30. The fraction of sp³-hybridized carbons (Fsp3) is 0.256. The Kier molecular flexibility index (Phi) is 6.96. The normalized spacial score (nSPS) is 19.3. The van der Waals surface area contributed by atoms with Gasteiger partial charge in [0.1, 0.15) is 13.2 Å². The first-order valence-corrected chi connectivity index (χ1v) is 18.7. The lowest BCUT2D eigenvalue weighted by molar-refractivity contribution is 0.246. The molecule has 3 atom stereocenters. The summed E-state index contributed by atoms with van der Waals surface area (Å²) in [6.07, 6.45) is 4.49. The van der Waals surface area contributed by atoms with Crippen LogP contribution in [0.2, 0.25) is 0 Å². The number of nitrogens with one attached hydrogen (secondary N) is 1. The summed E-state index contributed by atoms with van der Waals surface area (Å²) in [5.41, 5.74) is 18.6. The molecule has 12 nitrogen and oxygen atoms in total. The SMILES string of the molecule is C[C@H]1COc2c(-c3ccc4c(c3)CC(N)C4)ccc3c4ocnc4c(=O)n1c23.C[C@H]1COc2c(-c3ccc4c(c3)CNC4)ccc3c4ocnc4c(=O)n1c23. The zero-order valence-electron chi connectivity index (χ0n) is 30.2. The average Bonchev–Trinajstić information content (AvgIpc) is 4.02. The van der Waals surface area contributed by atoms with E-state index in [0.29, 0.717) is 35.4 Å². The molecule has 0 saturated carbocycles. The van der Waals surface area contributed by atoms with Crippen LogP contribution in [0.5, 0.6) is 11.5 Å². The van der Waals surface area contributed by atoms with Crippen LogP contribution in [-0.4, -0.2) is 38.4 Å². The van der Waals surface area contributed by atoms with Gasteiger partial charge in [-0.15, -0.1) is 0 Å². The Labute approximate surface area is 313 Å². The van der Waals surface area contributed by atoms with Crippen molar-refractivity contribution in [1.29, 1.82) is 0 Å². The molecule has 4 aromatic carbocycles. The first kappa shape index (κ1) is 32.2. The molecule has 0 radical (unpaired) electrons. The summed E-state index contributed by atoms with van der Waals surface area (Å²) in [7, 11) is 0. The molecule has 0 fully saturated rings. The minimum atomic E-state index is -0.134. The monoisotopic (exact) mass is 732 g/mol. The Morgan fingerprint density at radius 2 is 1.16 bits per heavy atom. The van der Waals surface area contributed by atoms with E-state index in [0.717, 1.165) is 81.5 Å². The predicted molar refractivity (Wildman–Crippen MR) is 209 cm³/mol. The lowest BCUT2D eigenvalue weighted by Crippen LogP contribution is -2.31. The molecular weight excluding hydrogens is 697 g/mol. The Balaban J connectivity index is 0.000000128. The van der Waals surface area contributed by atoms with E-state index in [4.69, 9.17) is 24.0 Å². The lowest BCUT2D eigenvalue weighted by atomic mass is 9.97. The molecule has 8 aromatic rings. The molecular formula is C43H36N6O6. The van der Waals surface area contributed by atoms with Crippen molar-refractivity contribution in [2.75, 3.05) is 13.2 Å². The quantitative estimate of drug-likeness (QED) is 0.200. The van der Waals surface area contributed by atoms with Crippen molar-refractivity contribution < 1.29 is 18.3 Å². The maximum atomic E-state index is 13.0. The summed E-state index contributed by atoms with van der Waals surface area (Å²) >= 11 is 0. The molecule has 55 heavy (non-hydrogen) atoms. The van der Waals surface area contributed by atoms with E-state index in [9.17, 15) is 9.59 Å². The molecule has 3 N–H and O–H groups in total. The first-order chi connectivity index (χ1) is 26.8. The Bertz CT molecular complexity index is 3050. The highest BCUT2D eigenvalue weighted by molar-refractivity contribution is 6.07. The third kappa shape index (κ3) is 4.71. The molecule has 0 amide bonds. The second kappa shape index (κ2) is 11.9. The number of rotatable bonds is 2. The lowest BCUT2D eigenvalue weighted by Gasteiger charge is -2.27. The molecule has 12 heteroatoms. The maximum Gasteiger partial charge on any atom is 0.281 e. The van der Waals surface area contributed by atoms with E-state index >= 15 is 0 Å². The molecule has 0 spiro atoms. The molecule has 0 bridgehead atoms. The topological polar surface area (TPSA) is 153 Å². The van der Waals surface area contributed by atoms with E-state index in [1.54, 1.807) is 9.13 Å². The number of pyridine rings is 2. The number of nitrogens with two attached hydrogens (primary N) is 1. The van der Waals surface area contributed by atoms with Crippen molar-refractivity contribution in [2.24, 2.45) is 5.73 Å². The van der Waals surface area contributed by atoms with Crippen molar-refractivity contribution in [2.45, 2.75) is 57.9 Å². The smallest absolute Gasteiger partial charge is 0.281 e.